The minimum absolute atomic E-state index is 0.0860. The lowest BCUT2D eigenvalue weighted by molar-refractivity contribution is -0.384. The second kappa shape index (κ2) is 5.61. The lowest BCUT2D eigenvalue weighted by atomic mass is 10.3. The van der Waals surface area contributed by atoms with Crippen LogP contribution in [0.25, 0.3) is 0 Å². The summed E-state index contributed by atoms with van der Waals surface area (Å²) in [6, 6.07) is 12.0. The molecule has 92 valence electrons. The van der Waals surface area contributed by atoms with Crippen LogP contribution in [0.2, 0.25) is 10.0 Å². The van der Waals surface area contributed by atoms with E-state index in [-0.39, 0.29) is 10.7 Å². The van der Waals surface area contributed by atoms with Crippen molar-refractivity contribution in [2.24, 2.45) is 0 Å². The third kappa shape index (κ3) is 3.16. The molecule has 6 heteroatoms. The van der Waals surface area contributed by atoms with Gasteiger partial charge >= 0.3 is 0 Å². The number of hydrogen-bond donors (Lipinski definition) is 0. The van der Waals surface area contributed by atoms with Crippen LogP contribution in [-0.2, 0) is 0 Å². The summed E-state index contributed by atoms with van der Waals surface area (Å²) in [6.07, 6.45) is 0. The first kappa shape index (κ1) is 13.2. The zero-order valence-electron chi connectivity index (χ0n) is 8.97. The first-order valence-corrected chi connectivity index (χ1v) is 6.51. The van der Waals surface area contributed by atoms with E-state index >= 15 is 0 Å². The topological polar surface area (TPSA) is 43.1 Å². The second-order valence-electron chi connectivity index (χ2n) is 3.43. The Labute approximate surface area is 118 Å². The van der Waals surface area contributed by atoms with Crippen LogP contribution in [0.4, 0.5) is 5.69 Å². The standard InChI is InChI=1S/C12H7Cl2NO2S/c13-8-1-3-9(4-2-8)18-10-5-6-12(15(16)17)11(14)7-10/h1-7H. The van der Waals surface area contributed by atoms with Crippen molar-refractivity contribution in [1.29, 1.82) is 0 Å². The van der Waals surface area contributed by atoms with E-state index in [2.05, 4.69) is 0 Å². The van der Waals surface area contributed by atoms with Crippen LogP contribution in [0, 0.1) is 10.1 Å². The monoisotopic (exact) mass is 299 g/mol. The highest BCUT2D eigenvalue weighted by atomic mass is 35.5. The Bertz CT molecular complexity index is 587. The highest BCUT2D eigenvalue weighted by molar-refractivity contribution is 7.99. The number of rotatable bonds is 3. The van der Waals surface area contributed by atoms with Gasteiger partial charge < -0.3 is 0 Å². The molecule has 18 heavy (non-hydrogen) atoms. The lowest BCUT2D eigenvalue weighted by Crippen LogP contribution is -1.88. The van der Waals surface area contributed by atoms with Gasteiger partial charge in [0.25, 0.3) is 5.69 Å². The van der Waals surface area contributed by atoms with Gasteiger partial charge in [-0.15, -0.1) is 0 Å². The Morgan fingerprint density at radius 2 is 1.61 bits per heavy atom. The molecule has 0 fully saturated rings. The molecule has 3 nitrogen and oxygen atoms in total. The van der Waals surface area contributed by atoms with E-state index in [9.17, 15) is 10.1 Å². The zero-order valence-corrected chi connectivity index (χ0v) is 11.3. The minimum atomic E-state index is -0.501. The number of hydrogen-bond acceptors (Lipinski definition) is 3. The zero-order chi connectivity index (χ0) is 13.1. The maximum atomic E-state index is 10.6. The summed E-state index contributed by atoms with van der Waals surface area (Å²) >= 11 is 13.1. The molecule has 0 heterocycles. The summed E-state index contributed by atoms with van der Waals surface area (Å²) in [5, 5.41) is 11.4. The summed E-state index contributed by atoms with van der Waals surface area (Å²) < 4.78 is 0. The molecule has 0 aliphatic rings. The van der Waals surface area contributed by atoms with Crippen molar-refractivity contribution in [3.63, 3.8) is 0 Å². The van der Waals surface area contributed by atoms with Gasteiger partial charge in [-0.1, -0.05) is 35.0 Å². The molecule has 0 atom stereocenters. The molecule has 0 amide bonds. The third-order valence-corrected chi connectivity index (χ3v) is 3.72. The van der Waals surface area contributed by atoms with Gasteiger partial charge in [-0.25, -0.2) is 0 Å². The van der Waals surface area contributed by atoms with E-state index in [1.54, 1.807) is 24.3 Å². The van der Waals surface area contributed by atoms with E-state index in [1.807, 2.05) is 12.1 Å². The second-order valence-corrected chi connectivity index (χ2v) is 5.42. The quantitative estimate of drug-likeness (QED) is 0.588. The highest BCUT2D eigenvalue weighted by Gasteiger charge is 2.12. The largest absolute Gasteiger partial charge is 0.287 e. The summed E-state index contributed by atoms with van der Waals surface area (Å²) in [4.78, 5) is 12.0. The third-order valence-electron chi connectivity index (χ3n) is 2.17. The van der Waals surface area contributed by atoms with Crippen molar-refractivity contribution in [1.82, 2.24) is 0 Å². The van der Waals surface area contributed by atoms with Gasteiger partial charge in [-0.2, -0.15) is 0 Å². The van der Waals surface area contributed by atoms with E-state index in [0.29, 0.717) is 5.02 Å². The van der Waals surface area contributed by atoms with Gasteiger partial charge in [0.2, 0.25) is 0 Å². The number of nitro benzene ring substituents is 1. The molecule has 0 N–H and O–H groups in total. The summed E-state index contributed by atoms with van der Waals surface area (Å²) in [5.74, 6) is 0. The van der Waals surface area contributed by atoms with Crippen LogP contribution in [0.15, 0.2) is 52.3 Å². The predicted octanol–water partition coefficient (Wildman–Crippen LogP) is 5.05. The molecule has 0 aromatic heterocycles. The highest BCUT2D eigenvalue weighted by Crippen LogP contribution is 2.33. The number of nitro groups is 1. The van der Waals surface area contributed by atoms with Crippen molar-refractivity contribution in [2.75, 3.05) is 0 Å². The van der Waals surface area contributed by atoms with E-state index in [4.69, 9.17) is 23.2 Å². The Morgan fingerprint density at radius 1 is 1.00 bits per heavy atom. The van der Waals surface area contributed by atoms with E-state index in [1.165, 1.54) is 17.8 Å². The first-order chi connectivity index (χ1) is 8.56. The Hall–Kier alpha value is -1.23. The van der Waals surface area contributed by atoms with Crippen molar-refractivity contribution in [3.05, 3.63) is 62.6 Å². The lowest BCUT2D eigenvalue weighted by Gasteiger charge is -2.02. The van der Waals surface area contributed by atoms with Gasteiger partial charge in [0.05, 0.1) is 4.92 Å². The van der Waals surface area contributed by atoms with Gasteiger partial charge in [0.15, 0.2) is 0 Å². The van der Waals surface area contributed by atoms with Crippen LogP contribution < -0.4 is 0 Å². The number of nitrogens with zero attached hydrogens (tertiary/aromatic N) is 1. The smallest absolute Gasteiger partial charge is 0.258 e. The van der Waals surface area contributed by atoms with Gasteiger partial charge in [0, 0.05) is 20.9 Å². The molecule has 2 aromatic carbocycles. The minimum Gasteiger partial charge on any atom is -0.258 e. The molecule has 0 unspecified atom stereocenters. The molecule has 0 aliphatic heterocycles. The van der Waals surface area contributed by atoms with Gasteiger partial charge in [-0.3, -0.25) is 10.1 Å². The van der Waals surface area contributed by atoms with E-state index in [0.717, 1.165) is 9.79 Å². The molecule has 0 saturated heterocycles. The molecule has 2 rings (SSSR count). The first-order valence-electron chi connectivity index (χ1n) is 4.93. The molecule has 0 aliphatic carbocycles. The fourth-order valence-corrected chi connectivity index (χ4v) is 2.64. The molecule has 0 radical (unpaired) electrons. The SMILES string of the molecule is O=[N+]([O-])c1ccc(Sc2ccc(Cl)cc2)cc1Cl. The molecule has 2 aromatic rings. The van der Waals surface area contributed by atoms with E-state index < -0.39 is 4.92 Å². The molecular formula is C12H7Cl2NO2S. The maximum Gasteiger partial charge on any atom is 0.287 e. The number of benzene rings is 2. The maximum absolute atomic E-state index is 10.6. The Morgan fingerprint density at radius 3 is 2.17 bits per heavy atom. The average molecular weight is 300 g/mol. The predicted molar refractivity (Wildman–Crippen MR) is 73.7 cm³/mol. The van der Waals surface area contributed by atoms with Crippen molar-refractivity contribution >= 4 is 40.7 Å². The van der Waals surface area contributed by atoms with Crippen LogP contribution in [0.3, 0.4) is 0 Å². The average Bonchev–Trinajstić information content (AvgIpc) is 2.32. The fraction of sp³-hybridized carbons (Fsp3) is 0. The van der Waals surface area contributed by atoms with Crippen molar-refractivity contribution in [3.8, 4) is 0 Å². The summed E-state index contributed by atoms with van der Waals surface area (Å²) in [7, 11) is 0. The van der Waals surface area contributed by atoms with Crippen molar-refractivity contribution in [2.45, 2.75) is 9.79 Å². The van der Waals surface area contributed by atoms with Crippen LogP contribution >= 0.6 is 35.0 Å². The summed E-state index contributed by atoms with van der Waals surface area (Å²) in [5.41, 5.74) is -0.0860. The van der Waals surface area contributed by atoms with Crippen LogP contribution in [0.5, 0.6) is 0 Å². The number of halogens is 2. The normalized spacial score (nSPS) is 10.3. The fourth-order valence-electron chi connectivity index (χ4n) is 1.34. The van der Waals surface area contributed by atoms with Gasteiger partial charge in [-0.05, 0) is 36.4 Å². The van der Waals surface area contributed by atoms with Crippen LogP contribution in [-0.4, -0.2) is 4.92 Å². The van der Waals surface area contributed by atoms with Crippen LogP contribution in [0.1, 0.15) is 0 Å². The van der Waals surface area contributed by atoms with Crippen molar-refractivity contribution < 1.29 is 4.92 Å². The molecule has 0 bridgehead atoms. The summed E-state index contributed by atoms with van der Waals surface area (Å²) in [6.45, 7) is 0. The Kier molecular flexibility index (Phi) is 4.11. The van der Waals surface area contributed by atoms with Gasteiger partial charge in [0.1, 0.15) is 5.02 Å². The Balaban J connectivity index is 2.22. The molecular weight excluding hydrogens is 293 g/mol. The molecule has 0 saturated carbocycles. The molecule has 0 spiro atoms.